The molecule has 3 amide bonds. The van der Waals surface area contributed by atoms with Crippen LogP contribution in [-0.4, -0.2) is 79.9 Å². The van der Waals surface area contributed by atoms with Gasteiger partial charge in [-0.1, -0.05) is 48.5 Å². The summed E-state index contributed by atoms with van der Waals surface area (Å²) < 4.78 is 6.60. The van der Waals surface area contributed by atoms with Crippen LogP contribution in [-0.2, 0) is 17.7 Å². The number of imide groups is 1. The Bertz CT molecular complexity index is 1930. The molecule has 4 N–H and O–H groups in total. The molecule has 1 aliphatic rings. The third-order valence-corrected chi connectivity index (χ3v) is 7.55. The minimum Gasteiger partial charge on any atom is -0.461 e. The molecule has 0 fully saturated rings. The second-order valence-electron chi connectivity index (χ2n) is 11.0. The molecule has 1 aliphatic heterocycles. The van der Waals surface area contributed by atoms with Crippen LogP contribution in [0.4, 0.5) is 16.4 Å². The van der Waals surface area contributed by atoms with E-state index in [4.69, 9.17) is 10.5 Å². The van der Waals surface area contributed by atoms with Gasteiger partial charge in [-0.3, -0.25) is 9.69 Å². The third kappa shape index (κ3) is 5.95. The number of nitrogen functional groups attached to an aromatic ring is 1. The van der Waals surface area contributed by atoms with Crippen molar-refractivity contribution in [1.29, 1.82) is 0 Å². The van der Waals surface area contributed by atoms with Gasteiger partial charge in [-0.15, -0.1) is 10.2 Å². The zero-order valence-corrected chi connectivity index (χ0v) is 25.7. The van der Waals surface area contributed by atoms with Crippen LogP contribution in [0.15, 0.2) is 72.8 Å². The Morgan fingerprint density at radius 3 is 2.52 bits per heavy atom. The summed E-state index contributed by atoms with van der Waals surface area (Å²) >= 11 is 0. The molecule has 0 bridgehead atoms. The van der Waals surface area contributed by atoms with Gasteiger partial charge in [0.1, 0.15) is 5.69 Å². The number of carbonyl (C=O) groups is 3. The van der Waals surface area contributed by atoms with Gasteiger partial charge in [-0.2, -0.15) is 5.10 Å². The van der Waals surface area contributed by atoms with Gasteiger partial charge in [-0.05, 0) is 68.4 Å². The van der Waals surface area contributed by atoms with Gasteiger partial charge in [0.2, 0.25) is 5.95 Å². The highest BCUT2D eigenvalue weighted by Crippen LogP contribution is 2.29. The van der Waals surface area contributed by atoms with Crippen LogP contribution < -0.4 is 11.1 Å². The molecule has 0 aliphatic carbocycles. The molecule has 3 aromatic carbocycles. The molecule has 0 unspecified atom stereocenters. The normalized spacial score (nSPS) is 12.7. The topological polar surface area (TPSA) is 164 Å². The number of nitrogens with two attached hydrogens (primary N) is 1. The highest BCUT2D eigenvalue weighted by molar-refractivity contribution is 6.10. The van der Waals surface area contributed by atoms with Gasteiger partial charge < -0.3 is 25.7 Å². The van der Waals surface area contributed by atoms with Gasteiger partial charge in [0.15, 0.2) is 11.5 Å². The van der Waals surface area contributed by atoms with Crippen molar-refractivity contribution in [3.05, 3.63) is 95.3 Å². The van der Waals surface area contributed by atoms with Crippen LogP contribution in [0, 0.1) is 0 Å². The second-order valence-corrected chi connectivity index (χ2v) is 11.0. The molecule has 0 radical (unpaired) electrons. The molecule has 0 saturated carbocycles. The molecule has 3 heterocycles. The first kappa shape index (κ1) is 30.2. The number of amides is 3. The fraction of sp³-hybridized carbons (Fsp3) is 0.212. The smallest absolute Gasteiger partial charge is 0.359 e. The molecule has 5 aromatic rings. The van der Waals surface area contributed by atoms with E-state index in [1.165, 1.54) is 10.2 Å². The van der Waals surface area contributed by atoms with Crippen molar-refractivity contribution in [2.45, 2.75) is 19.9 Å². The second kappa shape index (κ2) is 12.7. The van der Waals surface area contributed by atoms with Crippen LogP contribution >= 0.6 is 0 Å². The number of nitrogens with one attached hydrogen (secondary N) is 2. The Balaban J connectivity index is 1.28. The maximum Gasteiger partial charge on any atom is 0.359 e. The fourth-order valence-corrected chi connectivity index (χ4v) is 5.50. The Hall–Kier alpha value is -5.82. The summed E-state index contributed by atoms with van der Waals surface area (Å²) in [6, 6.07) is 22.1. The Kier molecular flexibility index (Phi) is 8.31. The molecule has 0 atom stereocenters. The molecule has 46 heavy (non-hydrogen) atoms. The predicted octanol–water partition coefficient (Wildman–Crippen LogP) is 4.38. The molecule has 234 valence electrons. The highest BCUT2D eigenvalue weighted by Gasteiger charge is 2.37. The van der Waals surface area contributed by atoms with E-state index in [9.17, 15) is 14.4 Å². The molecule has 6 rings (SSSR count). The maximum atomic E-state index is 14.0. The quantitative estimate of drug-likeness (QED) is 0.214. The summed E-state index contributed by atoms with van der Waals surface area (Å²) in [6.07, 6.45) is 0.225. The number of anilines is 2. The van der Waals surface area contributed by atoms with Crippen molar-refractivity contribution in [2.75, 3.05) is 38.3 Å². The van der Waals surface area contributed by atoms with E-state index >= 15 is 0 Å². The zero-order valence-electron chi connectivity index (χ0n) is 25.7. The number of hydrogen-bond donors (Lipinski definition) is 3. The van der Waals surface area contributed by atoms with Crippen molar-refractivity contribution in [3.63, 3.8) is 0 Å². The largest absolute Gasteiger partial charge is 0.461 e. The number of rotatable bonds is 8. The van der Waals surface area contributed by atoms with E-state index in [1.54, 1.807) is 31.2 Å². The van der Waals surface area contributed by atoms with E-state index < -0.39 is 17.9 Å². The molecule has 0 spiro atoms. The van der Waals surface area contributed by atoms with Gasteiger partial charge in [-0.25, -0.2) is 14.3 Å². The predicted molar refractivity (Wildman–Crippen MR) is 172 cm³/mol. The number of benzene rings is 3. The molecule has 2 aromatic heterocycles. The van der Waals surface area contributed by atoms with Crippen LogP contribution in [0.1, 0.15) is 39.0 Å². The minimum atomic E-state index is -0.644. The number of H-pyrrole nitrogens is 1. The number of fused-ring (bicyclic) bond motifs is 1. The summed E-state index contributed by atoms with van der Waals surface area (Å²) in [6.45, 7) is 2.69. The number of hydrogen-bond acceptors (Lipinski definition) is 9. The van der Waals surface area contributed by atoms with Gasteiger partial charge >= 0.3 is 12.0 Å². The highest BCUT2D eigenvalue weighted by atomic mass is 16.5. The monoisotopic (exact) mass is 619 g/mol. The Labute approximate surface area is 265 Å². The summed E-state index contributed by atoms with van der Waals surface area (Å²) in [4.78, 5) is 46.4. The van der Waals surface area contributed by atoms with E-state index in [1.807, 2.05) is 50.5 Å². The molecular formula is C33H33N9O4. The number of carbonyl (C=O) groups excluding carboxylic acids is 3. The van der Waals surface area contributed by atoms with Crippen molar-refractivity contribution in [3.8, 4) is 28.2 Å². The van der Waals surface area contributed by atoms with Gasteiger partial charge in [0.05, 0.1) is 12.3 Å². The summed E-state index contributed by atoms with van der Waals surface area (Å²) in [5.74, 6) is -0.660. The van der Waals surface area contributed by atoms with Crippen molar-refractivity contribution < 1.29 is 19.1 Å². The van der Waals surface area contributed by atoms with Gasteiger partial charge in [0, 0.05) is 29.9 Å². The van der Waals surface area contributed by atoms with Crippen molar-refractivity contribution in [1.82, 2.24) is 34.8 Å². The number of esters is 1. The number of aromatic amines is 1. The van der Waals surface area contributed by atoms with Crippen LogP contribution in [0.25, 0.3) is 28.2 Å². The Morgan fingerprint density at radius 1 is 1.02 bits per heavy atom. The molecule has 13 nitrogen and oxygen atoms in total. The van der Waals surface area contributed by atoms with E-state index in [0.29, 0.717) is 28.3 Å². The minimum absolute atomic E-state index is 0.0321. The Morgan fingerprint density at radius 2 is 1.80 bits per heavy atom. The average Bonchev–Trinajstić information content (AvgIpc) is 3.66. The van der Waals surface area contributed by atoms with Gasteiger partial charge in [0.25, 0.3) is 5.91 Å². The number of aromatic nitrogens is 5. The zero-order chi connectivity index (χ0) is 32.4. The van der Waals surface area contributed by atoms with Crippen LogP contribution in [0.5, 0.6) is 0 Å². The molecular weight excluding hydrogens is 586 g/mol. The standard InChI is InChI=1S/C33H33N9O4/c1-4-46-31(44)27-26-16-17-41(30(43)28(26)42(39-27)24-10-7-9-21(18-24)29-36-32(34)38-37-29)33(45)35-23-14-12-20(13-15-23)25-11-6-5-8-22(25)19-40(2)3/h5-15,18H,4,16-17,19H2,1-3H3,(H,35,45)(H3,34,36,37,38). The number of nitrogens with zero attached hydrogens (tertiary/aromatic N) is 6. The number of urea groups is 1. The van der Waals surface area contributed by atoms with Crippen LogP contribution in [0.2, 0.25) is 0 Å². The van der Waals surface area contributed by atoms with E-state index in [-0.39, 0.29) is 36.9 Å². The van der Waals surface area contributed by atoms with Crippen molar-refractivity contribution in [2.24, 2.45) is 0 Å². The van der Waals surface area contributed by atoms with E-state index in [0.717, 1.165) is 22.6 Å². The molecule has 0 saturated heterocycles. The first-order valence-corrected chi connectivity index (χ1v) is 14.8. The van der Waals surface area contributed by atoms with Crippen molar-refractivity contribution >= 4 is 29.5 Å². The lowest BCUT2D eigenvalue weighted by Gasteiger charge is -2.26. The van der Waals surface area contributed by atoms with E-state index in [2.05, 4.69) is 42.6 Å². The first-order valence-electron chi connectivity index (χ1n) is 14.8. The van der Waals surface area contributed by atoms with Crippen LogP contribution in [0.3, 0.4) is 0 Å². The third-order valence-electron chi connectivity index (χ3n) is 7.55. The lowest BCUT2D eigenvalue weighted by atomic mass is 9.99. The SMILES string of the molecule is CCOC(=O)c1nn(-c2cccc(-c3nnc(N)[nH]3)c2)c2c1CCN(C(=O)Nc1ccc(-c3ccccc3CN(C)C)cc1)C2=O. The fourth-order valence-electron chi connectivity index (χ4n) is 5.50. The summed E-state index contributed by atoms with van der Waals surface area (Å²) in [5.41, 5.74) is 11.2. The summed E-state index contributed by atoms with van der Waals surface area (Å²) in [7, 11) is 4.05. The first-order chi connectivity index (χ1) is 22.2. The number of ether oxygens (including phenoxy) is 1. The average molecular weight is 620 g/mol. The lowest BCUT2D eigenvalue weighted by Crippen LogP contribution is -2.45. The molecule has 13 heteroatoms. The summed E-state index contributed by atoms with van der Waals surface area (Å²) in [5, 5.41) is 15.2. The lowest BCUT2D eigenvalue weighted by molar-refractivity contribution is 0.0517. The maximum absolute atomic E-state index is 14.0.